The minimum Gasteiger partial charge on any atom is -0.460 e. The topological polar surface area (TPSA) is 89.6 Å². The summed E-state index contributed by atoms with van der Waals surface area (Å²) in [6.07, 6.45) is 14.0. The molecule has 3 aromatic rings. The maximum atomic E-state index is 13.9. The summed E-state index contributed by atoms with van der Waals surface area (Å²) in [4.78, 5) is 33.4. The zero-order valence-electron chi connectivity index (χ0n) is 22.9. The van der Waals surface area contributed by atoms with Gasteiger partial charge in [0.25, 0.3) is 5.56 Å². The molecule has 1 aliphatic carbocycles. The first kappa shape index (κ1) is 26.1. The highest BCUT2D eigenvalue weighted by atomic mass is 16.5. The number of hydrogen-bond acceptors (Lipinski definition) is 7. The maximum absolute atomic E-state index is 13.9. The maximum Gasteiger partial charge on any atom is 0.374 e. The van der Waals surface area contributed by atoms with Gasteiger partial charge in [-0.05, 0) is 69.7 Å². The number of nitrogens with one attached hydrogen (secondary N) is 1. The number of benzene rings is 1. The Morgan fingerprint density at radius 3 is 2.41 bits per heavy atom. The number of para-hydroxylation sites is 2. The van der Waals surface area contributed by atoms with Gasteiger partial charge < -0.3 is 19.0 Å². The number of aromatic nitrogens is 2. The lowest BCUT2D eigenvalue weighted by Gasteiger charge is -2.45. The van der Waals surface area contributed by atoms with Crippen LogP contribution in [0.1, 0.15) is 99.9 Å². The highest BCUT2D eigenvalue weighted by Crippen LogP contribution is 2.44. The van der Waals surface area contributed by atoms with Gasteiger partial charge in [0, 0.05) is 24.2 Å². The van der Waals surface area contributed by atoms with Crippen molar-refractivity contribution in [1.82, 2.24) is 14.5 Å². The molecule has 0 amide bonds. The number of carbonyl (C=O) groups excluding carboxylic acids is 1. The fourth-order valence-corrected chi connectivity index (χ4v) is 7.31. The van der Waals surface area contributed by atoms with Crippen LogP contribution in [-0.2, 0) is 11.3 Å². The molecule has 39 heavy (non-hydrogen) atoms. The molecule has 3 fully saturated rings. The summed E-state index contributed by atoms with van der Waals surface area (Å²) >= 11 is 0. The molecule has 1 N–H and O–H groups in total. The molecule has 2 saturated heterocycles. The molecule has 8 heteroatoms. The Morgan fingerprint density at radius 1 is 0.949 bits per heavy atom. The molecule has 0 spiro atoms. The van der Waals surface area contributed by atoms with E-state index in [4.69, 9.17) is 9.15 Å². The van der Waals surface area contributed by atoms with Crippen molar-refractivity contribution in [3.8, 4) is 0 Å². The van der Waals surface area contributed by atoms with Gasteiger partial charge in [0.1, 0.15) is 5.76 Å². The van der Waals surface area contributed by atoms with Crippen molar-refractivity contribution in [1.29, 1.82) is 0 Å². The van der Waals surface area contributed by atoms with Crippen molar-refractivity contribution in [3.05, 3.63) is 58.3 Å². The first-order valence-corrected chi connectivity index (χ1v) is 14.9. The second-order valence-corrected chi connectivity index (χ2v) is 11.4. The lowest BCUT2D eigenvalue weighted by molar-refractivity contribution is 0.0487. The van der Waals surface area contributed by atoms with E-state index in [0.29, 0.717) is 29.7 Å². The van der Waals surface area contributed by atoms with E-state index in [1.165, 1.54) is 57.8 Å². The number of furan rings is 1. The fraction of sp³-hybridized carbons (Fsp3) is 0.581. The molecule has 4 heterocycles. The van der Waals surface area contributed by atoms with Crippen molar-refractivity contribution in [3.63, 3.8) is 0 Å². The van der Waals surface area contributed by atoms with E-state index in [1.807, 2.05) is 28.8 Å². The van der Waals surface area contributed by atoms with Crippen LogP contribution in [0.5, 0.6) is 0 Å². The predicted octanol–water partition coefficient (Wildman–Crippen LogP) is 6.06. The summed E-state index contributed by atoms with van der Waals surface area (Å²) < 4.78 is 12.7. The Balaban J connectivity index is 1.24. The number of piperidine rings is 1. The molecule has 6 rings (SSSR count). The normalized spacial score (nSPS) is 24.4. The highest BCUT2D eigenvalue weighted by Gasteiger charge is 2.44. The van der Waals surface area contributed by atoms with E-state index in [1.54, 1.807) is 19.1 Å². The molecule has 1 saturated carbocycles. The summed E-state index contributed by atoms with van der Waals surface area (Å²) in [6, 6.07) is 13.2. The van der Waals surface area contributed by atoms with E-state index < -0.39 is 5.97 Å². The summed E-state index contributed by atoms with van der Waals surface area (Å²) in [5, 5.41) is 3.20. The summed E-state index contributed by atoms with van der Waals surface area (Å²) in [5.74, 6) is 0.529. The zero-order chi connectivity index (χ0) is 26.8. The highest BCUT2D eigenvalue weighted by molar-refractivity contribution is 5.86. The lowest BCUT2D eigenvalue weighted by atomic mass is 9.89. The van der Waals surface area contributed by atoms with Crippen LogP contribution in [0.25, 0.3) is 11.0 Å². The van der Waals surface area contributed by atoms with Gasteiger partial charge >= 0.3 is 5.97 Å². The molecular formula is C31H40N4O4. The van der Waals surface area contributed by atoms with Gasteiger partial charge in [-0.3, -0.25) is 9.69 Å². The number of hydrogen-bond donors (Lipinski definition) is 1. The van der Waals surface area contributed by atoms with Crippen LogP contribution in [0.4, 0.5) is 5.82 Å². The average molecular weight is 533 g/mol. The number of nitrogens with zero attached hydrogens (tertiary/aromatic N) is 3. The van der Waals surface area contributed by atoms with Gasteiger partial charge in [-0.1, -0.05) is 44.2 Å². The lowest BCUT2D eigenvalue weighted by Crippen LogP contribution is -2.50. The van der Waals surface area contributed by atoms with Crippen LogP contribution in [-0.4, -0.2) is 45.2 Å². The van der Waals surface area contributed by atoms with E-state index in [9.17, 15) is 9.59 Å². The molecule has 2 bridgehead atoms. The van der Waals surface area contributed by atoms with Crippen molar-refractivity contribution >= 4 is 22.8 Å². The van der Waals surface area contributed by atoms with Crippen LogP contribution in [0.2, 0.25) is 0 Å². The quantitative estimate of drug-likeness (QED) is 0.370. The molecule has 3 aliphatic rings. The van der Waals surface area contributed by atoms with E-state index in [2.05, 4.69) is 15.2 Å². The number of anilines is 1. The largest absolute Gasteiger partial charge is 0.460 e. The number of rotatable bonds is 7. The molecule has 8 nitrogen and oxygen atoms in total. The molecule has 2 aliphatic heterocycles. The van der Waals surface area contributed by atoms with Crippen molar-refractivity contribution in [2.45, 2.75) is 108 Å². The van der Waals surface area contributed by atoms with Gasteiger partial charge in [-0.2, -0.15) is 0 Å². The Kier molecular flexibility index (Phi) is 7.73. The van der Waals surface area contributed by atoms with Gasteiger partial charge in [0.2, 0.25) is 5.76 Å². The van der Waals surface area contributed by atoms with Crippen molar-refractivity contribution in [2.24, 2.45) is 0 Å². The van der Waals surface area contributed by atoms with Gasteiger partial charge in [0.05, 0.1) is 24.2 Å². The summed E-state index contributed by atoms with van der Waals surface area (Å²) in [5.41, 5.74) is 1.62. The third kappa shape index (κ3) is 5.36. The molecule has 208 valence electrons. The van der Waals surface area contributed by atoms with Gasteiger partial charge in [0.15, 0.2) is 5.82 Å². The minimum absolute atomic E-state index is 0.0883. The van der Waals surface area contributed by atoms with Crippen LogP contribution in [0.3, 0.4) is 0 Å². The SMILES string of the molecule is CCOC(=O)c1ccc(CNc2nc3ccccc3n([C@H]3C[C@H]4CC[C@@H](C3)N4C3CCCCCCC3)c2=O)o1. The third-order valence-electron chi connectivity index (χ3n) is 8.99. The first-order valence-electron chi connectivity index (χ1n) is 14.9. The zero-order valence-corrected chi connectivity index (χ0v) is 22.9. The Bertz CT molecular complexity index is 1340. The van der Waals surface area contributed by atoms with Crippen LogP contribution in [0.15, 0.2) is 45.6 Å². The number of fused-ring (bicyclic) bond motifs is 3. The second-order valence-electron chi connectivity index (χ2n) is 11.4. The van der Waals surface area contributed by atoms with Crippen LogP contribution >= 0.6 is 0 Å². The smallest absolute Gasteiger partial charge is 0.374 e. The van der Waals surface area contributed by atoms with Gasteiger partial charge in [-0.25, -0.2) is 9.78 Å². The average Bonchev–Trinajstić information content (AvgIpc) is 3.49. The first-order chi connectivity index (χ1) is 19.1. The van der Waals surface area contributed by atoms with E-state index in [0.717, 1.165) is 23.9 Å². The summed E-state index contributed by atoms with van der Waals surface area (Å²) in [7, 11) is 0. The fourth-order valence-electron chi connectivity index (χ4n) is 7.31. The third-order valence-corrected chi connectivity index (χ3v) is 8.99. The number of ether oxygens (including phenoxy) is 1. The molecular weight excluding hydrogens is 492 g/mol. The minimum atomic E-state index is -0.490. The van der Waals surface area contributed by atoms with E-state index in [-0.39, 0.29) is 30.5 Å². The second kappa shape index (κ2) is 11.5. The van der Waals surface area contributed by atoms with Crippen LogP contribution in [0, 0.1) is 0 Å². The Hall–Kier alpha value is -3.13. The number of esters is 1. The molecule has 0 unspecified atom stereocenters. The Morgan fingerprint density at radius 2 is 1.67 bits per heavy atom. The Labute approximate surface area is 229 Å². The van der Waals surface area contributed by atoms with Crippen molar-refractivity contribution < 1.29 is 13.9 Å². The molecule has 3 atom stereocenters. The van der Waals surface area contributed by atoms with Crippen molar-refractivity contribution in [2.75, 3.05) is 11.9 Å². The summed E-state index contributed by atoms with van der Waals surface area (Å²) in [6.45, 7) is 2.30. The monoisotopic (exact) mass is 532 g/mol. The standard InChI is InChI=1S/C31H40N4O4/c1-2-38-31(37)28-17-16-25(39-28)20-32-29-30(36)35(27-13-9-8-12-26(27)33-29)24-18-22-14-15-23(19-24)34(22)21-10-6-4-3-5-7-11-21/h8-9,12-13,16-17,21-24H,2-7,10-11,14-15,18-20H2,1H3,(H,32,33)/t22-,23+,24+. The van der Waals surface area contributed by atoms with Gasteiger partial charge in [-0.15, -0.1) is 0 Å². The number of carbonyl (C=O) groups is 1. The molecule has 2 aromatic heterocycles. The molecule has 1 aromatic carbocycles. The molecule has 0 radical (unpaired) electrons. The predicted molar refractivity (Wildman–Crippen MR) is 151 cm³/mol. The van der Waals surface area contributed by atoms with E-state index >= 15 is 0 Å². The van der Waals surface area contributed by atoms with Crippen LogP contribution < -0.4 is 10.9 Å².